The van der Waals surface area contributed by atoms with E-state index in [-0.39, 0.29) is 12.1 Å². The molecule has 0 heterocycles. The van der Waals surface area contributed by atoms with Crippen molar-refractivity contribution < 1.29 is 9.90 Å². The maximum Gasteiger partial charge on any atom is 0.246 e. The van der Waals surface area contributed by atoms with Gasteiger partial charge in [0, 0.05) is 0 Å². The number of carbonyl (C=O) groups excluding carboxylic acids is 1. The Hall–Kier alpha value is -0.610. The fourth-order valence-corrected chi connectivity index (χ4v) is 0.408. The number of aliphatic hydroxyl groups excluding tert-OH is 1. The second-order valence-corrected chi connectivity index (χ2v) is 2.37. The summed E-state index contributed by atoms with van der Waals surface area (Å²) < 4.78 is 0. The van der Waals surface area contributed by atoms with Gasteiger partial charge in [-0.2, -0.15) is 0 Å². The molecule has 2 N–H and O–H groups in total. The van der Waals surface area contributed by atoms with E-state index in [9.17, 15) is 4.79 Å². The van der Waals surface area contributed by atoms with Crippen LogP contribution in [0.3, 0.4) is 0 Å². The summed E-state index contributed by atoms with van der Waals surface area (Å²) in [6.45, 7) is 1.39. The first-order valence-electron chi connectivity index (χ1n) is 3.14. The average Bonchev–Trinajstić information content (AvgIpc) is 1.87. The second kappa shape index (κ2) is 4.24. The maximum atomic E-state index is 10.5. The molecule has 0 spiro atoms. The highest BCUT2D eigenvalue weighted by Crippen LogP contribution is 1.83. The van der Waals surface area contributed by atoms with Gasteiger partial charge < -0.3 is 10.4 Å². The second-order valence-electron chi connectivity index (χ2n) is 2.37. The molecule has 0 radical (unpaired) electrons. The number of rotatable bonds is 3. The minimum absolute atomic E-state index is 0.0281. The number of hydrogen-bond donors (Lipinski definition) is 2. The van der Waals surface area contributed by atoms with Gasteiger partial charge in [-0.15, -0.1) is 0 Å². The Morgan fingerprint density at radius 1 is 1.70 bits per heavy atom. The van der Waals surface area contributed by atoms with Crippen molar-refractivity contribution in [2.24, 2.45) is 0 Å². The van der Waals surface area contributed by atoms with Crippen molar-refractivity contribution in [1.29, 1.82) is 0 Å². The summed E-state index contributed by atoms with van der Waals surface area (Å²) in [5, 5.41) is 10.9. The average molecular weight is 146 g/mol. The van der Waals surface area contributed by atoms with Crippen molar-refractivity contribution in [2.75, 3.05) is 20.7 Å². The Morgan fingerprint density at radius 3 is 2.50 bits per heavy atom. The molecule has 4 heteroatoms. The highest BCUT2D eigenvalue weighted by Gasteiger charge is 2.06. The highest BCUT2D eigenvalue weighted by atomic mass is 16.3. The Labute approximate surface area is 60.8 Å². The summed E-state index contributed by atoms with van der Waals surface area (Å²) >= 11 is 0. The van der Waals surface area contributed by atoms with Crippen molar-refractivity contribution in [3.8, 4) is 0 Å². The molecule has 1 atom stereocenters. The van der Waals surface area contributed by atoms with Gasteiger partial charge in [0.1, 0.15) is 6.61 Å². The van der Waals surface area contributed by atoms with Crippen LogP contribution in [0.15, 0.2) is 0 Å². The predicted octanol–water partition coefficient (Wildman–Crippen LogP) is -0.997. The van der Waals surface area contributed by atoms with Gasteiger partial charge in [0.15, 0.2) is 0 Å². The molecule has 0 aromatic carbocycles. The molecule has 0 aliphatic heterocycles. The number of nitrogens with zero attached hydrogens (tertiary/aromatic N) is 1. The van der Waals surface area contributed by atoms with Gasteiger partial charge >= 0.3 is 0 Å². The van der Waals surface area contributed by atoms with Crippen molar-refractivity contribution in [3.05, 3.63) is 0 Å². The fourth-order valence-electron chi connectivity index (χ4n) is 0.408. The topological polar surface area (TPSA) is 52.6 Å². The van der Waals surface area contributed by atoms with Crippen LogP contribution in [0.5, 0.6) is 0 Å². The predicted molar refractivity (Wildman–Crippen MR) is 38.4 cm³/mol. The molecule has 0 aliphatic rings. The van der Waals surface area contributed by atoms with E-state index in [2.05, 4.69) is 5.32 Å². The molecule has 60 valence electrons. The minimum atomic E-state index is -0.446. The van der Waals surface area contributed by atoms with Crippen molar-refractivity contribution in [2.45, 2.75) is 13.1 Å². The Morgan fingerprint density at radius 2 is 2.20 bits per heavy atom. The van der Waals surface area contributed by atoms with Crippen LogP contribution in [-0.4, -0.2) is 42.8 Å². The lowest BCUT2D eigenvalue weighted by Crippen LogP contribution is -2.43. The largest absolute Gasteiger partial charge is 0.387 e. The highest BCUT2D eigenvalue weighted by molar-refractivity contribution is 5.77. The lowest BCUT2D eigenvalue weighted by molar-refractivity contribution is -0.125. The molecule has 1 unspecified atom stereocenters. The monoisotopic (exact) mass is 146 g/mol. The van der Waals surface area contributed by atoms with Crippen LogP contribution in [0.25, 0.3) is 0 Å². The molecule has 0 bridgehead atoms. The van der Waals surface area contributed by atoms with Gasteiger partial charge in [-0.05, 0) is 21.0 Å². The normalized spacial score (nSPS) is 13.3. The smallest absolute Gasteiger partial charge is 0.246 e. The van der Waals surface area contributed by atoms with Crippen LogP contribution in [0.1, 0.15) is 6.92 Å². The maximum absolute atomic E-state index is 10.5. The Bertz CT molecular complexity index is 114. The van der Waals surface area contributed by atoms with E-state index in [1.807, 2.05) is 25.9 Å². The number of nitrogens with one attached hydrogen (secondary N) is 1. The van der Waals surface area contributed by atoms with Crippen LogP contribution in [0.2, 0.25) is 0 Å². The molecule has 0 aliphatic carbocycles. The zero-order chi connectivity index (χ0) is 8.15. The number of aliphatic hydroxyl groups is 1. The van der Waals surface area contributed by atoms with Gasteiger partial charge in [0.05, 0.1) is 6.17 Å². The third-order valence-corrected chi connectivity index (χ3v) is 1.29. The molecule has 0 saturated carbocycles. The molecular formula is C6H14N2O2. The standard InChI is InChI=1S/C6H14N2O2/c1-5(8(2)3)7-6(10)4-9/h5,9H,4H2,1-3H3,(H,7,10). The lowest BCUT2D eigenvalue weighted by Gasteiger charge is -2.20. The number of hydrogen-bond acceptors (Lipinski definition) is 3. The molecule has 0 rings (SSSR count). The molecule has 0 saturated heterocycles. The van der Waals surface area contributed by atoms with E-state index in [0.29, 0.717) is 0 Å². The molecule has 0 aromatic rings. The van der Waals surface area contributed by atoms with Gasteiger partial charge in [-0.3, -0.25) is 9.69 Å². The van der Waals surface area contributed by atoms with Gasteiger partial charge in [-0.25, -0.2) is 0 Å². The summed E-state index contributed by atoms with van der Waals surface area (Å²) in [7, 11) is 3.70. The van der Waals surface area contributed by atoms with Crippen LogP contribution < -0.4 is 5.32 Å². The molecule has 4 nitrogen and oxygen atoms in total. The Balaban J connectivity index is 3.57. The molecule has 10 heavy (non-hydrogen) atoms. The van der Waals surface area contributed by atoms with Crippen LogP contribution in [0, 0.1) is 0 Å². The summed E-state index contributed by atoms with van der Waals surface area (Å²) in [6, 6.07) is 0. The quantitative estimate of drug-likeness (QED) is 0.502. The van der Waals surface area contributed by atoms with E-state index in [1.54, 1.807) is 0 Å². The summed E-state index contributed by atoms with van der Waals surface area (Å²) in [4.78, 5) is 12.4. The molecule has 0 fully saturated rings. The van der Waals surface area contributed by atoms with E-state index >= 15 is 0 Å². The van der Waals surface area contributed by atoms with Crippen LogP contribution in [-0.2, 0) is 4.79 Å². The van der Waals surface area contributed by atoms with Crippen molar-refractivity contribution in [1.82, 2.24) is 10.2 Å². The van der Waals surface area contributed by atoms with E-state index < -0.39 is 6.61 Å². The summed E-state index contributed by atoms with van der Waals surface area (Å²) in [6.07, 6.45) is -0.0281. The number of amides is 1. The fraction of sp³-hybridized carbons (Fsp3) is 0.833. The van der Waals surface area contributed by atoms with E-state index in [0.717, 1.165) is 0 Å². The van der Waals surface area contributed by atoms with Gasteiger partial charge in [0.25, 0.3) is 0 Å². The van der Waals surface area contributed by atoms with Gasteiger partial charge in [0.2, 0.25) is 5.91 Å². The van der Waals surface area contributed by atoms with Crippen molar-refractivity contribution in [3.63, 3.8) is 0 Å². The lowest BCUT2D eigenvalue weighted by atomic mass is 10.5. The zero-order valence-electron chi connectivity index (χ0n) is 6.59. The third-order valence-electron chi connectivity index (χ3n) is 1.29. The van der Waals surface area contributed by atoms with Crippen molar-refractivity contribution >= 4 is 5.91 Å². The first-order chi connectivity index (χ1) is 4.57. The van der Waals surface area contributed by atoms with E-state index in [4.69, 9.17) is 5.11 Å². The third kappa shape index (κ3) is 3.42. The summed E-state index contributed by atoms with van der Waals surface area (Å²) in [5.74, 6) is -0.346. The molecule has 0 aromatic heterocycles. The van der Waals surface area contributed by atoms with Gasteiger partial charge in [-0.1, -0.05) is 0 Å². The zero-order valence-corrected chi connectivity index (χ0v) is 6.59. The van der Waals surface area contributed by atoms with E-state index in [1.165, 1.54) is 0 Å². The van der Waals surface area contributed by atoms with Crippen LogP contribution in [0.4, 0.5) is 0 Å². The first kappa shape index (κ1) is 9.39. The SMILES string of the molecule is CC(NC(=O)CO)N(C)C. The number of carbonyl (C=O) groups is 1. The molecule has 1 amide bonds. The summed E-state index contributed by atoms with van der Waals surface area (Å²) in [5.41, 5.74) is 0. The molecular weight excluding hydrogens is 132 g/mol. The minimum Gasteiger partial charge on any atom is -0.387 e. The first-order valence-corrected chi connectivity index (χ1v) is 3.14. The van der Waals surface area contributed by atoms with Crippen LogP contribution >= 0.6 is 0 Å². The Kier molecular flexibility index (Phi) is 3.99.